The van der Waals surface area contributed by atoms with Gasteiger partial charge in [0.05, 0.1) is 11.7 Å². The highest BCUT2D eigenvalue weighted by Gasteiger charge is 2.29. The molecule has 0 spiro atoms. The maximum Gasteiger partial charge on any atom is 0.0917 e. The number of benzene rings is 1. The SMILES string of the molecule is COC(C)C(C)(O)Cc1cc(Cl)ccc1Cl. The summed E-state index contributed by atoms with van der Waals surface area (Å²) in [6.45, 7) is 3.54. The van der Waals surface area contributed by atoms with Crippen molar-refractivity contribution in [3.8, 4) is 0 Å². The Bertz CT molecular complexity index is 364. The minimum atomic E-state index is -0.969. The Morgan fingerprint density at radius 2 is 2.06 bits per heavy atom. The lowest BCUT2D eigenvalue weighted by Crippen LogP contribution is -2.40. The Morgan fingerprint density at radius 3 is 2.62 bits per heavy atom. The predicted octanol–water partition coefficient (Wildman–Crippen LogP) is 3.32. The van der Waals surface area contributed by atoms with Crippen molar-refractivity contribution in [1.82, 2.24) is 0 Å². The second-order valence-corrected chi connectivity index (χ2v) is 4.99. The van der Waals surface area contributed by atoms with Gasteiger partial charge in [0.1, 0.15) is 0 Å². The molecular weight excluding hydrogens is 247 g/mol. The van der Waals surface area contributed by atoms with Gasteiger partial charge in [0.25, 0.3) is 0 Å². The normalized spacial score (nSPS) is 16.9. The van der Waals surface area contributed by atoms with Crippen molar-refractivity contribution < 1.29 is 9.84 Å². The Kier molecular flexibility index (Phi) is 4.62. The molecule has 0 aromatic heterocycles. The van der Waals surface area contributed by atoms with Crippen LogP contribution in [0.2, 0.25) is 10.0 Å². The van der Waals surface area contributed by atoms with E-state index in [0.717, 1.165) is 5.56 Å². The van der Waals surface area contributed by atoms with Crippen LogP contribution < -0.4 is 0 Å². The molecule has 0 aliphatic heterocycles. The van der Waals surface area contributed by atoms with E-state index in [1.807, 2.05) is 6.92 Å². The van der Waals surface area contributed by atoms with Gasteiger partial charge in [-0.15, -0.1) is 0 Å². The van der Waals surface area contributed by atoms with Gasteiger partial charge in [0.2, 0.25) is 0 Å². The van der Waals surface area contributed by atoms with Crippen molar-refractivity contribution >= 4 is 23.2 Å². The number of hydrogen-bond donors (Lipinski definition) is 1. The Balaban J connectivity index is 2.91. The third kappa shape index (κ3) is 3.36. The topological polar surface area (TPSA) is 29.5 Å². The van der Waals surface area contributed by atoms with Crippen LogP contribution in [0.4, 0.5) is 0 Å². The number of hydrogen-bond acceptors (Lipinski definition) is 2. The summed E-state index contributed by atoms with van der Waals surface area (Å²) in [5.74, 6) is 0. The molecule has 0 radical (unpaired) electrons. The van der Waals surface area contributed by atoms with Gasteiger partial charge in [-0.3, -0.25) is 0 Å². The van der Waals surface area contributed by atoms with Gasteiger partial charge in [-0.2, -0.15) is 0 Å². The Morgan fingerprint density at radius 1 is 1.44 bits per heavy atom. The van der Waals surface area contributed by atoms with E-state index in [2.05, 4.69) is 0 Å². The Hall–Kier alpha value is -0.280. The van der Waals surface area contributed by atoms with Gasteiger partial charge in [0.15, 0.2) is 0 Å². The first-order chi connectivity index (χ1) is 7.36. The fraction of sp³-hybridized carbons (Fsp3) is 0.500. The molecule has 0 bridgehead atoms. The minimum absolute atomic E-state index is 0.275. The summed E-state index contributed by atoms with van der Waals surface area (Å²) in [6, 6.07) is 5.22. The maximum absolute atomic E-state index is 10.2. The van der Waals surface area contributed by atoms with Crippen molar-refractivity contribution in [1.29, 1.82) is 0 Å². The standard InChI is InChI=1S/C12H16Cl2O2/c1-8(16-3)12(2,15)7-9-6-10(13)4-5-11(9)14/h4-6,8,15H,7H2,1-3H3. The van der Waals surface area contributed by atoms with Crippen LogP contribution in [0, 0.1) is 0 Å². The summed E-state index contributed by atoms with van der Waals surface area (Å²) in [5.41, 5.74) is -0.147. The monoisotopic (exact) mass is 262 g/mol. The molecule has 0 heterocycles. The molecule has 1 N–H and O–H groups in total. The molecule has 0 amide bonds. The van der Waals surface area contributed by atoms with Crippen LogP contribution in [-0.4, -0.2) is 23.9 Å². The zero-order valence-corrected chi connectivity index (χ0v) is 11.1. The van der Waals surface area contributed by atoms with E-state index in [-0.39, 0.29) is 6.10 Å². The van der Waals surface area contributed by atoms with E-state index < -0.39 is 5.60 Å². The smallest absolute Gasteiger partial charge is 0.0917 e. The van der Waals surface area contributed by atoms with Gasteiger partial charge in [-0.25, -0.2) is 0 Å². The van der Waals surface area contributed by atoms with Crippen LogP contribution in [0.1, 0.15) is 19.4 Å². The van der Waals surface area contributed by atoms with Crippen LogP contribution in [0.5, 0.6) is 0 Å². The molecule has 16 heavy (non-hydrogen) atoms. The van der Waals surface area contributed by atoms with Crippen LogP contribution in [-0.2, 0) is 11.2 Å². The van der Waals surface area contributed by atoms with Crippen LogP contribution in [0.3, 0.4) is 0 Å². The van der Waals surface area contributed by atoms with Gasteiger partial charge < -0.3 is 9.84 Å². The quantitative estimate of drug-likeness (QED) is 0.902. The lowest BCUT2D eigenvalue weighted by atomic mass is 9.91. The highest BCUT2D eigenvalue weighted by Crippen LogP contribution is 2.26. The fourth-order valence-electron chi connectivity index (χ4n) is 1.46. The molecule has 2 nitrogen and oxygen atoms in total. The average Bonchev–Trinajstić information content (AvgIpc) is 2.22. The molecule has 2 unspecified atom stereocenters. The molecule has 0 aliphatic rings. The summed E-state index contributed by atoms with van der Waals surface area (Å²) < 4.78 is 5.13. The highest BCUT2D eigenvalue weighted by atomic mass is 35.5. The predicted molar refractivity (Wildman–Crippen MR) is 67.3 cm³/mol. The molecule has 0 saturated carbocycles. The zero-order chi connectivity index (χ0) is 12.3. The van der Waals surface area contributed by atoms with Gasteiger partial charge in [-0.1, -0.05) is 23.2 Å². The third-order valence-corrected chi connectivity index (χ3v) is 3.39. The lowest BCUT2D eigenvalue weighted by molar-refractivity contribution is -0.0715. The van der Waals surface area contributed by atoms with Crippen molar-refractivity contribution in [2.75, 3.05) is 7.11 Å². The molecule has 0 aliphatic carbocycles. The van der Waals surface area contributed by atoms with Crippen molar-refractivity contribution in [3.63, 3.8) is 0 Å². The molecule has 2 atom stereocenters. The van der Waals surface area contributed by atoms with E-state index in [4.69, 9.17) is 27.9 Å². The maximum atomic E-state index is 10.2. The third-order valence-electron chi connectivity index (χ3n) is 2.79. The number of aliphatic hydroxyl groups is 1. The first-order valence-corrected chi connectivity index (χ1v) is 5.81. The lowest BCUT2D eigenvalue weighted by Gasteiger charge is -2.29. The van der Waals surface area contributed by atoms with Crippen LogP contribution >= 0.6 is 23.2 Å². The van der Waals surface area contributed by atoms with Crippen molar-refractivity contribution in [2.45, 2.75) is 32.0 Å². The number of halogens is 2. The summed E-state index contributed by atoms with van der Waals surface area (Å²) in [7, 11) is 1.57. The largest absolute Gasteiger partial charge is 0.387 e. The van der Waals surface area contributed by atoms with Gasteiger partial charge >= 0.3 is 0 Å². The number of ether oxygens (including phenoxy) is 1. The van der Waals surface area contributed by atoms with Crippen LogP contribution in [0.25, 0.3) is 0 Å². The van der Waals surface area contributed by atoms with E-state index >= 15 is 0 Å². The summed E-state index contributed by atoms with van der Waals surface area (Å²) in [4.78, 5) is 0. The second kappa shape index (κ2) is 5.37. The Labute approximate surface area is 106 Å². The van der Waals surface area contributed by atoms with Crippen LogP contribution in [0.15, 0.2) is 18.2 Å². The van der Waals surface area contributed by atoms with Gasteiger partial charge in [0, 0.05) is 23.6 Å². The summed E-state index contributed by atoms with van der Waals surface area (Å²) in [6.07, 6.45) is 0.129. The van der Waals surface area contributed by atoms with E-state index in [0.29, 0.717) is 16.5 Å². The molecular formula is C12H16Cl2O2. The number of methoxy groups -OCH3 is 1. The minimum Gasteiger partial charge on any atom is -0.387 e. The highest BCUT2D eigenvalue weighted by molar-refractivity contribution is 6.33. The fourth-order valence-corrected chi connectivity index (χ4v) is 1.84. The zero-order valence-electron chi connectivity index (χ0n) is 9.63. The van der Waals surface area contributed by atoms with E-state index in [1.165, 1.54) is 0 Å². The second-order valence-electron chi connectivity index (χ2n) is 4.15. The van der Waals surface area contributed by atoms with Crippen molar-refractivity contribution in [3.05, 3.63) is 33.8 Å². The molecule has 0 saturated heterocycles. The summed E-state index contributed by atoms with van der Waals surface area (Å²) in [5, 5.41) is 11.4. The van der Waals surface area contributed by atoms with E-state index in [9.17, 15) is 5.11 Å². The average molecular weight is 263 g/mol. The molecule has 1 rings (SSSR count). The first kappa shape index (κ1) is 13.8. The molecule has 0 fully saturated rings. The number of rotatable bonds is 4. The molecule has 90 valence electrons. The van der Waals surface area contributed by atoms with Crippen molar-refractivity contribution in [2.24, 2.45) is 0 Å². The van der Waals surface area contributed by atoms with E-state index in [1.54, 1.807) is 32.2 Å². The molecule has 1 aromatic carbocycles. The first-order valence-electron chi connectivity index (χ1n) is 5.06. The summed E-state index contributed by atoms with van der Waals surface area (Å²) >= 11 is 11.9. The molecule has 4 heteroatoms. The molecule has 1 aromatic rings. The van der Waals surface area contributed by atoms with Gasteiger partial charge in [-0.05, 0) is 37.6 Å².